The monoisotopic (exact) mass is 199 g/mol. The molecule has 3 nitrogen and oxygen atoms in total. The molecule has 0 spiro atoms. The minimum absolute atomic E-state index is 0.588. The van der Waals surface area contributed by atoms with Gasteiger partial charge in [-0.25, -0.2) is 4.98 Å². The van der Waals surface area contributed by atoms with Gasteiger partial charge in [0.05, 0.1) is 5.69 Å². The van der Waals surface area contributed by atoms with Crippen LogP contribution in [0.2, 0.25) is 5.15 Å². The lowest BCUT2D eigenvalue weighted by Gasteiger charge is -2.22. The van der Waals surface area contributed by atoms with E-state index in [1.165, 1.54) is 0 Å². The van der Waals surface area contributed by atoms with Crippen molar-refractivity contribution >= 4 is 11.6 Å². The number of aryl methyl sites for hydroxylation is 1. The Bertz CT molecular complexity index is 319. The summed E-state index contributed by atoms with van der Waals surface area (Å²) in [5, 5.41) is 0.797. The lowest BCUT2D eigenvalue weighted by molar-refractivity contribution is 0.390. The molecule has 0 fully saturated rings. The van der Waals surface area contributed by atoms with Crippen LogP contribution < -0.4 is 5.73 Å². The maximum Gasteiger partial charge on any atom is 0.131 e. The fourth-order valence-electron chi connectivity index (χ4n) is 1.86. The SMILES string of the molecule is Cc1nc2n(c1Cl)CCC(CN)C2. The van der Waals surface area contributed by atoms with E-state index in [-0.39, 0.29) is 0 Å². The molecule has 4 heteroatoms. The first-order chi connectivity index (χ1) is 6.22. The normalized spacial score (nSPS) is 21.6. The van der Waals surface area contributed by atoms with E-state index in [0.29, 0.717) is 5.92 Å². The molecule has 1 unspecified atom stereocenters. The average molecular weight is 200 g/mol. The van der Waals surface area contributed by atoms with Crippen molar-refractivity contribution < 1.29 is 0 Å². The molecule has 1 atom stereocenters. The predicted octanol–water partition coefficient (Wildman–Crippen LogP) is 1.37. The smallest absolute Gasteiger partial charge is 0.131 e. The summed E-state index contributed by atoms with van der Waals surface area (Å²) in [6.07, 6.45) is 2.10. The topological polar surface area (TPSA) is 43.8 Å². The number of fused-ring (bicyclic) bond motifs is 1. The first kappa shape index (κ1) is 9.03. The van der Waals surface area contributed by atoms with E-state index in [1.807, 2.05) is 6.92 Å². The van der Waals surface area contributed by atoms with Gasteiger partial charge < -0.3 is 10.3 Å². The van der Waals surface area contributed by atoms with Crippen molar-refractivity contribution in [3.8, 4) is 0 Å². The highest BCUT2D eigenvalue weighted by atomic mass is 35.5. The fourth-order valence-corrected chi connectivity index (χ4v) is 2.09. The maximum absolute atomic E-state index is 6.09. The number of hydrogen-bond donors (Lipinski definition) is 1. The van der Waals surface area contributed by atoms with Gasteiger partial charge in [0.15, 0.2) is 0 Å². The lowest BCUT2D eigenvalue weighted by Crippen LogP contribution is -2.25. The van der Waals surface area contributed by atoms with Crippen LogP contribution in [0.3, 0.4) is 0 Å². The van der Waals surface area contributed by atoms with Gasteiger partial charge in [-0.3, -0.25) is 0 Å². The van der Waals surface area contributed by atoms with Crippen molar-refractivity contribution in [1.29, 1.82) is 0 Å². The first-order valence-electron chi connectivity index (χ1n) is 4.64. The van der Waals surface area contributed by atoms with E-state index >= 15 is 0 Å². The second-order valence-corrected chi connectivity index (χ2v) is 4.01. The minimum Gasteiger partial charge on any atom is -0.330 e. The summed E-state index contributed by atoms with van der Waals surface area (Å²) >= 11 is 6.09. The van der Waals surface area contributed by atoms with Crippen molar-refractivity contribution in [2.24, 2.45) is 11.7 Å². The second kappa shape index (κ2) is 3.31. The van der Waals surface area contributed by atoms with Crippen molar-refractivity contribution in [2.75, 3.05) is 6.54 Å². The molecule has 0 saturated heterocycles. The van der Waals surface area contributed by atoms with E-state index in [9.17, 15) is 0 Å². The van der Waals surface area contributed by atoms with E-state index < -0.39 is 0 Å². The van der Waals surface area contributed by atoms with Crippen LogP contribution in [0.15, 0.2) is 0 Å². The summed E-state index contributed by atoms with van der Waals surface area (Å²) in [6.45, 7) is 3.67. The van der Waals surface area contributed by atoms with Gasteiger partial charge in [0.2, 0.25) is 0 Å². The first-order valence-corrected chi connectivity index (χ1v) is 5.01. The second-order valence-electron chi connectivity index (χ2n) is 3.65. The van der Waals surface area contributed by atoms with Gasteiger partial charge in [-0.1, -0.05) is 11.6 Å². The van der Waals surface area contributed by atoms with Crippen LogP contribution in [0, 0.1) is 12.8 Å². The number of hydrogen-bond acceptors (Lipinski definition) is 2. The molecule has 0 aliphatic carbocycles. The molecule has 0 saturated carbocycles. The third-order valence-electron chi connectivity index (χ3n) is 2.71. The average Bonchev–Trinajstić information content (AvgIpc) is 2.42. The molecule has 2 N–H and O–H groups in total. The Labute approximate surface area is 82.9 Å². The molecule has 1 aromatic heterocycles. The molecule has 0 bridgehead atoms. The van der Waals surface area contributed by atoms with Crippen molar-refractivity contribution in [2.45, 2.75) is 26.3 Å². The van der Waals surface area contributed by atoms with Crippen LogP contribution in [-0.4, -0.2) is 16.1 Å². The molecule has 0 radical (unpaired) electrons. The minimum atomic E-state index is 0.588. The van der Waals surface area contributed by atoms with Crippen LogP contribution in [0.1, 0.15) is 17.9 Å². The summed E-state index contributed by atoms with van der Waals surface area (Å²) in [5.41, 5.74) is 6.57. The number of aromatic nitrogens is 2. The van der Waals surface area contributed by atoms with Gasteiger partial charge in [0, 0.05) is 13.0 Å². The summed E-state index contributed by atoms with van der Waals surface area (Å²) in [6, 6.07) is 0. The van der Waals surface area contributed by atoms with Gasteiger partial charge in [0.1, 0.15) is 11.0 Å². The Morgan fingerprint density at radius 2 is 2.46 bits per heavy atom. The number of nitrogens with two attached hydrogens (primary N) is 1. The molecule has 0 aromatic carbocycles. The largest absolute Gasteiger partial charge is 0.330 e. The fraction of sp³-hybridized carbons (Fsp3) is 0.667. The summed E-state index contributed by atoms with van der Waals surface area (Å²) < 4.78 is 2.10. The Kier molecular flexibility index (Phi) is 2.30. The third-order valence-corrected chi connectivity index (χ3v) is 3.19. The molecule has 1 aliphatic rings. The van der Waals surface area contributed by atoms with E-state index in [4.69, 9.17) is 17.3 Å². The quantitative estimate of drug-likeness (QED) is 0.743. The summed E-state index contributed by atoms with van der Waals surface area (Å²) in [5.74, 6) is 1.69. The standard InChI is InChI=1S/C9H14ClN3/c1-6-9(10)13-3-2-7(5-11)4-8(13)12-6/h7H,2-5,11H2,1H3. The van der Waals surface area contributed by atoms with Gasteiger partial charge in [-0.05, 0) is 25.8 Å². The molecular formula is C9H14ClN3. The van der Waals surface area contributed by atoms with Crippen LogP contribution in [0.4, 0.5) is 0 Å². The molecule has 72 valence electrons. The summed E-state index contributed by atoms with van der Waals surface area (Å²) in [4.78, 5) is 4.42. The van der Waals surface area contributed by atoms with E-state index in [1.54, 1.807) is 0 Å². The third kappa shape index (κ3) is 1.46. The highest BCUT2D eigenvalue weighted by molar-refractivity contribution is 6.30. The number of halogens is 1. The zero-order valence-corrected chi connectivity index (χ0v) is 8.51. The Balaban J connectivity index is 2.31. The highest BCUT2D eigenvalue weighted by Crippen LogP contribution is 2.25. The number of nitrogens with zero attached hydrogens (tertiary/aromatic N) is 2. The van der Waals surface area contributed by atoms with Gasteiger partial charge in [-0.15, -0.1) is 0 Å². The Morgan fingerprint density at radius 3 is 3.15 bits per heavy atom. The summed E-state index contributed by atoms with van der Waals surface area (Å²) in [7, 11) is 0. The lowest BCUT2D eigenvalue weighted by atomic mass is 9.98. The Hall–Kier alpha value is -0.540. The zero-order valence-electron chi connectivity index (χ0n) is 7.76. The molecule has 1 aliphatic heterocycles. The Morgan fingerprint density at radius 1 is 1.69 bits per heavy atom. The van der Waals surface area contributed by atoms with Crippen LogP contribution in [-0.2, 0) is 13.0 Å². The van der Waals surface area contributed by atoms with E-state index in [2.05, 4.69) is 9.55 Å². The van der Waals surface area contributed by atoms with Gasteiger partial charge in [-0.2, -0.15) is 0 Å². The molecular weight excluding hydrogens is 186 g/mol. The molecule has 13 heavy (non-hydrogen) atoms. The molecule has 2 heterocycles. The van der Waals surface area contributed by atoms with Crippen LogP contribution in [0.5, 0.6) is 0 Å². The maximum atomic E-state index is 6.09. The van der Waals surface area contributed by atoms with E-state index in [0.717, 1.165) is 42.6 Å². The number of rotatable bonds is 1. The van der Waals surface area contributed by atoms with Gasteiger partial charge >= 0.3 is 0 Å². The molecule has 1 aromatic rings. The zero-order chi connectivity index (χ0) is 9.42. The predicted molar refractivity (Wildman–Crippen MR) is 52.8 cm³/mol. The highest BCUT2D eigenvalue weighted by Gasteiger charge is 2.21. The van der Waals surface area contributed by atoms with Crippen molar-refractivity contribution in [3.63, 3.8) is 0 Å². The van der Waals surface area contributed by atoms with Crippen molar-refractivity contribution in [1.82, 2.24) is 9.55 Å². The van der Waals surface area contributed by atoms with Crippen LogP contribution >= 0.6 is 11.6 Å². The van der Waals surface area contributed by atoms with Gasteiger partial charge in [0.25, 0.3) is 0 Å². The molecule has 2 rings (SSSR count). The van der Waals surface area contributed by atoms with Crippen molar-refractivity contribution in [3.05, 3.63) is 16.7 Å². The van der Waals surface area contributed by atoms with Crippen LogP contribution in [0.25, 0.3) is 0 Å². The number of imidazole rings is 1. The molecule has 0 amide bonds.